The molecule has 4 heteroatoms. The topological polar surface area (TPSA) is 15.6 Å². The van der Waals surface area contributed by atoms with Gasteiger partial charge in [-0.1, -0.05) is 18.5 Å². The first kappa shape index (κ1) is 10.4. The Kier molecular flexibility index (Phi) is 2.65. The van der Waals surface area contributed by atoms with Crippen LogP contribution < -0.4 is 5.01 Å². The summed E-state index contributed by atoms with van der Waals surface area (Å²) in [7, 11) is 0. The lowest BCUT2D eigenvalue weighted by Crippen LogP contribution is -2.27. The Balaban J connectivity index is 2.31. The second kappa shape index (κ2) is 3.81. The number of benzene rings is 1. The summed E-state index contributed by atoms with van der Waals surface area (Å²) >= 11 is 5.72. The van der Waals surface area contributed by atoms with E-state index in [9.17, 15) is 4.39 Å². The van der Waals surface area contributed by atoms with E-state index < -0.39 is 5.82 Å². The van der Waals surface area contributed by atoms with Crippen molar-refractivity contribution in [3.8, 4) is 0 Å². The molecule has 2 unspecified atom stereocenters. The lowest BCUT2D eigenvalue weighted by Gasteiger charge is -2.22. The van der Waals surface area contributed by atoms with E-state index in [1.807, 2.05) is 11.2 Å². The minimum Gasteiger partial charge on any atom is -0.262 e. The molecule has 0 fully saturated rings. The highest BCUT2D eigenvalue weighted by atomic mass is 35.5. The summed E-state index contributed by atoms with van der Waals surface area (Å²) in [6.45, 7) is 4.17. The van der Waals surface area contributed by atoms with E-state index in [2.05, 4.69) is 18.9 Å². The Morgan fingerprint density at radius 3 is 2.67 bits per heavy atom. The lowest BCUT2D eigenvalue weighted by molar-refractivity contribution is 0.604. The third-order valence-electron chi connectivity index (χ3n) is 2.74. The summed E-state index contributed by atoms with van der Waals surface area (Å²) in [4.78, 5) is 0. The van der Waals surface area contributed by atoms with Gasteiger partial charge in [0.25, 0.3) is 0 Å². The number of rotatable bonds is 1. The average Bonchev–Trinajstić information content (AvgIpc) is 2.53. The van der Waals surface area contributed by atoms with E-state index in [0.717, 1.165) is 5.69 Å². The smallest absolute Gasteiger partial charge is 0.141 e. The molecule has 0 N–H and O–H groups in total. The Hall–Kier alpha value is -1.09. The van der Waals surface area contributed by atoms with Crippen molar-refractivity contribution in [1.29, 1.82) is 0 Å². The van der Waals surface area contributed by atoms with Crippen LogP contribution >= 0.6 is 11.6 Å². The molecule has 15 heavy (non-hydrogen) atoms. The minimum absolute atomic E-state index is 0.134. The van der Waals surface area contributed by atoms with Gasteiger partial charge in [-0.25, -0.2) is 4.39 Å². The Bertz CT molecular complexity index is 406. The summed E-state index contributed by atoms with van der Waals surface area (Å²) in [5, 5.41) is 6.26. The van der Waals surface area contributed by atoms with Crippen molar-refractivity contribution in [3.05, 3.63) is 29.0 Å². The molecule has 0 saturated heterocycles. The summed E-state index contributed by atoms with van der Waals surface area (Å²) in [6, 6.07) is 4.94. The number of hydrogen-bond donors (Lipinski definition) is 0. The molecule has 0 saturated carbocycles. The molecule has 1 aliphatic rings. The van der Waals surface area contributed by atoms with Crippen LogP contribution in [0.4, 0.5) is 10.1 Å². The maximum absolute atomic E-state index is 13.0. The van der Waals surface area contributed by atoms with Gasteiger partial charge in [-0.05, 0) is 25.1 Å². The predicted molar refractivity (Wildman–Crippen MR) is 61.0 cm³/mol. The first-order chi connectivity index (χ1) is 7.09. The predicted octanol–water partition coefficient (Wildman–Crippen LogP) is 3.31. The van der Waals surface area contributed by atoms with Crippen LogP contribution in [-0.2, 0) is 0 Å². The Labute approximate surface area is 93.3 Å². The van der Waals surface area contributed by atoms with Crippen LogP contribution in [0.15, 0.2) is 23.3 Å². The van der Waals surface area contributed by atoms with E-state index in [1.54, 1.807) is 12.1 Å². The molecule has 1 aromatic carbocycles. The van der Waals surface area contributed by atoms with Crippen LogP contribution in [0.1, 0.15) is 13.8 Å². The van der Waals surface area contributed by atoms with Crippen molar-refractivity contribution in [2.75, 3.05) is 5.01 Å². The van der Waals surface area contributed by atoms with Crippen molar-refractivity contribution in [3.63, 3.8) is 0 Å². The Morgan fingerprint density at radius 1 is 1.40 bits per heavy atom. The van der Waals surface area contributed by atoms with Gasteiger partial charge in [0.2, 0.25) is 0 Å². The summed E-state index contributed by atoms with van der Waals surface area (Å²) < 4.78 is 13.0. The molecule has 2 atom stereocenters. The summed E-state index contributed by atoms with van der Waals surface area (Å²) in [5.41, 5.74) is 0.828. The zero-order valence-electron chi connectivity index (χ0n) is 8.61. The fourth-order valence-electron chi connectivity index (χ4n) is 1.56. The number of anilines is 1. The minimum atomic E-state index is -0.399. The maximum Gasteiger partial charge on any atom is 0.141 e. The molecule has 80 valence electrons. The zero-order chi connectivity index (χ0) is 11.0. The first-order valence-electron chi connectivity index (χ1n) is 4.88. The Morgan fingerprint density at radius 2 is 2.13 bits per heavy atom. The van der Waals surface area contributed by atoms with Crippen LogP contribution in [0.3, 0.4) is 0 Å². The van der Waals surface area contributed by atoms with Gasteiger partial charge in [0, 0.05) is 12.1 Å². The van der Waals surface area contributed by atoms with Crippen LogP contribution in [-0.4, -0.2) is 12.3 Å². The SMILES string of the molecule is CC1C=NN(c2ccc(F)c(Cl)c2)C1C. The molecule has 1 heterocycles. The van der Waals surface area contributed by atoms with E-state index in [4.69, 9.17) is 11.6 Å². The third kappa shape index (κ3) is 1.84. The van der Waals surface area contributed by atoms with Crippen molar-refractivity contribution >= 4 is 23.5 Å². The molecule has 0 aliphatic carbocycles. The molecular formula is C11H12ClFN2. The highest BCUT2D eigenvalue weighted by Crippen LogP contribution is 2.28. The second-order valence-electron chi connectivity index (χ2n) is 3.81. The van der Waals surface area contributed by atoms with E-state index in [-0.39, 0.29) is 11.1 Å². The molecule has 1 aromatic rings. The quantitative estimate of drug-likeness (QED) is 0.717. The fourth-order valence-corrected chi connectivity index (χ4v) is 1.73. The normalized spacial score (nSPS) is 24.9. The van der Waals surface area contributed by atoms with Gasteiger partial charge in [0.1, 0.15) is 5.82 Å². The number of halogens is 2. The highest BCUT2D eigenvalue weighted by molar-refractivity contribution is 6.31. The highest BCUT2D eigenvalue weighted by Gasteiger charge is 2.24. The van der Waals surface area contributed by atoms with Crippen molar-refractivity contribution in [2.24, 2.45) is 11.0 Å². The van der Waals surface area contributed by atoms with E-state index >= 15 is 0 Å². The monoisotopic (exact) mass is 226 g/mol. The van der Waals surface area contributed by atoms with Gasteiger partial charge in [-0.15, -0.1) is 0 Å². The summed E-state index contributed by atoms with van der Waals surface area (Å²) in [6.07, 6.45) is 1.89. The lowest BCUT2D eigenvalue weighted by atomic mass is 10.1. The maximum atomic E-state index is 13.0. The summed E-state index contributed by atoms with van der Waals surface area (Å²) in [5.74, 6) is -0.00174. The molecule has 1 aliphatic heterocycles. The van der Waals surface area contributed by atoms with Crippen LogP contribution in [0.2, 0.25) is 5.02 Å². The molecule has 0 aromatic heterocycles. The fraction of sp³-hybridized carbons (Fsp3) is 0.364. The van der Waals surface area contributed by atoms with Gasteiger partial charge in [0.15, 0.2) is 0 Å². The first-order valence-corrected chi connectivity index (χ1v) is 5.26. The molecule has 0 spiro atoms. The van der Waals surface area contributed by atoms with Crippen LogP contribution in [0, 0.1) is 11.7 Å². The molecular weight excluding hydrogens is 215 g/mol. The van der Waals surface area contributed by atoms with Crippen LogP contribution in [0.25, 0.3) is 0 Å². The molecule has 2 rings (SSSR count). The molecule has 0 radical (unpaired) electrons. The average molecular weight is 227 g/mol. The number of nitrogens with zero attached hydrogens (tertiary/aromatic N) is 2. The van der Waals surface area contributed by atoms with Crippen LogP contribution in [0.5, 0.6) is 0 Å². The van der Waals surface area contributed by atoms with Gasteiger partial charge < -0.3 is 0 Å². The van der Waals surface area contributed by atoms with Crippen molar-refractivity contribution < 1.29 is 4.39 Å². The van der Waals surface area contributed by atoms with E-state index in [0.29, 0.717) is 5.92 Å². The second-order valence-corrected chi connectivity index (χ2v) is 4.21. The van der Waals surface area contributed by atoms with Crippen molar-refractivity contribution in [1.82, 2.24) is 0 Å². The number of hydrazone groups is 1. The van der Waals surface area contributed by atoms with Gasteiger partial charge in [-0.3, -0.25) is 5.01 Å². The standard InChI is InChI=1S/C11H12ClFN2/c1-7-6-14-15(8(7)2)9-3-4-11(13)10(12)5-9/h3-8H,1-2H3. The molecule has 2 nitrogen and oxygen atoms in total. The third-order valence-corrected chi connectivity index (χ3v) is 3.03. The van der Waals surface area contributed by atoms with Crippen molar-refractivity contribution in [2.45, 2.75) is 19.9 Å². The van der Waals surface area contributed by atoms with Gasteiger partial charge >= 0.3 is 0 Å². The van der Waals surface area contributed by atoms with Gasteiger partial charge in [0.05, 0.1) is 16.8 Å². The largest absolute Gasteiger partial charge is 0.262 e. The molecule has 0 amide bonds. The molecule has 0 bridgehead atoms. The van der Waals surface area contributed by atoms with E-state index in [1.165, 1.54) is 6.07 Å². The zero-order valence-corrected chi connectivity index (χ0v) is 9.37. The number of hydrogen-bond acceptors (Lipinski definition) is 2. The van der Waals surface area contributed by atoms with Gasteiger partial charge in [-0.2, -0.15) is 5.10 Å².